The van der Waals surface area contributed by atoms with Crippen LogP contribution in [0, 0.1) is 0 Å². The number of hydrogen-bond acceptors (Lipinski definition) is 9. The quantitative estimate of drug-likeness (QED) is 0.560. The molecule has 8 nitrogen and oxygen atoms in total. The van der Waals surface area contributed by atoms with Crippen molar-refractivity contribution in [1.29, 1.82) is 0 Å². The molecular weight excluding hydrogens is 366 g/mol. The minimum Gasteiger partial charge on any atom is -0.481 e. The molecule has 3 rings (SSSR count). The Hall–Kier alpha value is -2.78. The van der Waals surface area contributed by atoms with Gasteiger partial charge in [-0.05, 0) is 17.9 Å². The molecule has 0 spiro atoms. The molecule has 0 saturated heterocycles. The Morgan fingerprint density at radius 3 is 2.70 bits per heavy atom. The summed E-state index contributed by atoms with van der Waals surface area (Å²) < 4.78 is 15.5. The van der Waals surface area contributed by atoms with Crippen LogP contribution in [0.1, 0.15) is 6.42 Å². The molecule has 142 valence electrons. The molecule has 1 N–H and O–H groups in total. The van der Waals surface area contributed by atoms with E-state index < -0.39 is 0 Å². The van der Waals surface area contributed by atoms with E-state index >= 15 is 0 Å². The van der Waals surface area contributed by atoms with Crippen molar-refractivity contribution < 1.29 is 14.2 Å². The third-order valence-corrected chi connectivity index (χ3v) is 4.58. The van der Waals surface area contributed by atoms with Crippen molar-refractivity contribution in [1.82, 2.24) is 19.9 Å². The van der Waals surface area contributed by atoms with Crippen LogP contribution < -0.4 is 14.8 Å². The highest BCUT2D eigenvalue weighted by Crippen LogP contribution is 2.34. The molecule has 0 amide bonds. The molecule has 0 saturated carbocycles. The van der Waals surface area contributed by atoms with E-state index in [1.165, 1.54) is 7.11 Å². The lowest BCUT2D eigenvalue weighted by Crippen LogP contribution is -2.08. The Labute approximate surface area is 161 Å². The first-order chi connectivity index (χ1) is 13.2. The molecule has 9 heteroatoms. The van der Waals surface area contributed by atoms with Crippen molar-refractivity contribution in [2.24, 2.45) is 0 Å². The summed E-state index contributed by atoms with van der Waals surface area (Å²) in [4.78, 5) is 18.7. The molecule has 0 aromatic carbocycles. The van der Waals surface area contributed by atoms with Gasteiger partial charge in [-0.3, -0.25) is 0 Å². The van der Waals surface area contributed by atoms with Gasteiger partial charge >= 0.3 is 6.01 Å². The summed E-state index contributed by atoms with van der Waals surface area (Å²) in [7, 11) is 4.75. The monoisotopic (exact) mass is 387 g/mol. The number of anilines is 1. The maximum atomic E-state index is 5.26. The molecule has 0 fully saturated rings. The van der Waals surface area contributed by atoms with E-state index in [2.05, 4.69) is 20.3 Å². The summed E-state index contributed by atoms with van der Waals surface area (Å²) in [5.74, 6) is 0.974. The topological polar surface area (TPSA) is 91.3 Å². The van der Waals surface area contributed by atoms with Crippen LogP contribution in [0.4, 0.5) is 5.95 Å². The lowest BCUT2D eigenvalue weighted by atomic mass is 10.1. The first-order valence-electron chi connectivity index (χ1n) is 8.36. The fourth-order valence-electron chi connectivity index (χ4n) is 2.41. The molecule has 0 aliphatic heterocycles. The average molecular weight is 387 g/mol. The second kappa shape index (κ2) is 9.24. The van der Waals surface area contributed by atoms with E-state index in [9.17, 15) is 0 Å². The number of aromatic nitrogens is 4. The Bertz CT molecular complexity index is 851. The summed E-state index contributed by atoms with van der Waals surface area (Å²) in [6.07, 6.45) is 2.62. The molecule has 27 heavy (non-hydrogen) atoms. The molecule has 3 aromatic rings. The normalized spacial score (nSPS) is 10.6. The second-order valence-corrected chi connectivity index (χ2v) is 6.44. The Kier molecular flexibility index (Phi) is 6.50. The van der Waals surface area contributed by atoms with Gasteiger partial charge in [-0.2, -0.15) is 9.97 Å². The van der Waals surface area contributed by atoms with Crippen LogP contribution in [-0.4, -0.2) is 54.4 Å². The number of ether oxygens (including phenoxy) is 3. The van der Waals surface area contributed by atoms with E-state index in [4.69, 9.17) is 19.2 Å². The van der Waals surface area contributed by atoms with E-state index in [1.54, 1.807) is 37.8 Å². The Morgan fingerprint density at radius 1 is 1.11 bits per heavy atom. The average Bonchev–Trinajstić information content (AvgIpc) is 3.25. The zero-order chi connectivity index (χ0) is 19.1. The van der Waals surface area contributed by atoms with Crippen molar-refractivity contribution in [2.45, 2.75) is 6.42 Å². The van der Waals surface area contributed by atoms with Crippen LogP contribution in [0.5, 0.6) is 11.9 Å². The molecule has 0 aliphatic carbocycles. The van der Waals surface area contributed by atoms with Crippen molar-refractivity contribution in [2.75, 3.05) is 39.8 Å². The maximum absolute atomic E-state index is 5.26. The first-order valence-corrected chi connectivity index (χ1v) is 9.24. The van der Waals surface area contributed by atoms with Gasteiger partial charge in [0.1, 0.15) is 0 Å². The van der Waals surface area contributed by atoms with Crippen LogP contribution in [-0.2, 0) is 4.74 Å². The number of hydrogen-bond donors (Lipinski definition) is 1. The standard InChI is InChI=1S/C18H21N5O3S/c1-24-8-5-7-19-17-20-11-12(16(23-17)14-6-4-9-27-14)13-10-15(25-2)22-18(21-13)26-3/h4,6,9-11H,5,7-8H2,1-3H3,(H,19,20,23). The molecule has 0 aliphatic rings. The molecule has 0 atom stereocenters. The van der Waals surface area contributed by atoms with E-state index in [-0.39, 0.29) is 6.01 Å². The van der Waals surface area contributed by atoms with Gasteiger partial charge in [-0.15, -0.1) is 11.3 Å². The van der Waals surface area contributed by atoms with E-state index in [1.807, 2.05) is 17.5 Å². The summed E-state index contributed by atoms with van der Waals surface area (Å²) in [6.45, 7) is 1.41. The van der Waals surface area contributed by atoms with Crippen LogP contribution in [0.15, 0.2) is 29.8 Å². The second-order valence-electron chi connectivity index (χ2n) is 5.49. The van der Waals surface area contributed by atoms with E-state index in [0.29, 0.717) is 24.1 Å². The van der Waals surface area contributed by atoms with Crippen LogP contribution in [0.3, 0.4) is 0 Å². The highest BCUT2D eigenvalue weighted by molar-refractivity contribution is 7.13. The largest absolute Gasteiger partial charge is 0.481 e. The van der Waals surface area contributed by atoms with Gasteiger partial charge in [-0.25, -0.2) is 9.97 Å². The summed E-state index contributed by atoms with van der Waals surface area (Å²) in [5, 5.41) is 5.23. The summed E-state index contributed by atoms with van der Waals surface area (Å²) >= 11 is 1.60. The molecular formula is C18H21N5O3S. The minimum absolute atomic E-state index is 0.225. The fourth-order valence-corrected chi connectivity index (χ4v) is 3.14. The van der Waals surface area contributed by atoms with Gasteiger partial charge in [0.05, 0.1) is 30.5 Å². The Balaban J connectivity index is 2.00. The lowest BCUT2D eigenvalue weighted by Gasteiger charge is -2.11. The smallest absolute Gasteiger partial charge is 0.320 e. The van der Waals surface area contributed by atoms with Gasteiger partial charge in [0.2, 0.25) is 11.8 Å². The maximum Gasteiger partial charge on any atom is 0.320 e. The zero-order valence-corrected chi connectivity index (χ0v) is 16.2. The van der Waals surface area contributed by atoms with Gasteiger partial charge in [-0.1, -0.05) is 6.07 Å². The lowest BCUT2D eigenvalue weighted by molar-refractivity contribution is 0.197. The highest BCUT2D eigenvalue weighted by Gasteiger charge is 2.16. The summed E-state index contributed by atoms with van der Waals surface area (Å²) in [5.41, 5.74) is 2.20. The molecule has 3 heterocycles. The minimum atomic E-state index is 0.225. The van der Waals surface area contributed by atoms with Gasteiger partial charge in [0.25, 0.3) is 0 Å². The number of nitrogens with zero attached hydrogens (tertiary/aromatic N) is 4. The molecule has 0 bridgehead atoms. The molecule has 0 radical (unpaired) electrons. The molecule has 0 unspecified atom stereocenters. The van der Waals surface area contributed by atoms with Crippen LogP contribution in [0.25, 0.3) is 21.8 Å². The summed E-state index contributed by atoms with van der Waals surface area (Å²) in [6, 6.07) is 5.96. The predicted molar refractivity (Wildman–Crippen MR) is 104 cm³/mol. The van der Waals surface area contributed by atoms with Crippen molar-refractivity contribution in [3.8, 4) is 33.7 Å². The third-order valence-electron chi connectivity index (χ3n) is 3.70. The van der Waals surface area contributed by atoms with Crippen molar-refractivity contribution in [3.05, 3.63) is 29.8 Å². The SMILES string of the molecule is COCCCNc1ncc(-c2cc(OC)nc(OC)n2)c(-c2cccs2)n1. The Morgan fingerprint density at radius 2 is 2.00 bits per heavy atom. The number of methoxy groups -OCH3 is 3. The predicted octanol–water partition coefficient (Wildman–Crippen LogP) is 3.13. The zero-order valence-electron chi connectivity index (χ0n) is 15.4. The van der Waals surface area contributed by atoms with Gasteiger partial charge in [0, 0.05) is 38.1 Å². The van der Waals surface area contributed by atoms with Crippen molar-refractivity contribution in [3.63, 3.8) is 0 Å². The number of thiophene rings is 1. The first kappa shape index (κ1) is 19.0. The fraction of sp³-hybridized carbons (Fsp3) is 0.333. The molecule has 3 aromatic heterocycles. The number of rotatable bonds is 9. The van der Waals surface area contributed by atoms with Crippen LogP contribution in [0.2, 0.25) is 0 Å². The van der Waals surface area contributed by atoms with E-state index in [0.717, 1.165) is 29.1 Å². The van der Waals surface area contributed by atoms with Crippen molar-refractivity contribution >= 4 is 17.3 Å². The van der Waals surface area contributed by atoms with Gasteiger partial charge < -0.3 is 19.5 Å². The van der Waals surface area contributed by atoms with Crippen LogP contribution >= 0.6 is 11.3 Å². The van der Waals surface area contributed by atoms with Gasteiger partial charge in [0.15, 0.2) is 0 Å². The highest BCUT2D eigenvalue weighted by atomic mass is 32.1. The number of nitrogens with one attached hydrogen (secondary N) is 1. The third kappa shape index (κ3) is 4.69.